The molecule has 1 saturated heterocycles. The van der Waals surface area contributed by atoms with E-state index in [4.69, 9.17) is 4.74 Å². The molecule has 3 heterocycles. The molecular weight excluding hydrogens is 432 g/mol. The second kappa shape index (κ2) is 9.31. The fourth-order valence-corrected chi connectivity index (χ4v) is 5.70. The SMILES string of the molecule is CCCN1CC(Oc2cc(F)c([C@@H]3c4[nH]c5ccccc5c4C[C@@H](C)N3CC(C)C)c(F)c2)C1. The second-order valence-corrected chi connectivity index (χ2v) is 10.4. The van der Waals surface area contributed by atoms with E-state index in [9.17, 15) is 0 Å². The average Bonchev–Trinajstić information content (AvgIpc) is 3.11. The molecule has 2 aliphatic heterocycles. The number of likely N-dealkylation sites (tertiary alicyclic amines) is 1. The number of benzene rings is 2. The molecule has 1 aromatic heterocycles. The number of fused-ring (bicyclic) bond motifs is 3. The Morgan fingerprint density at radius 2 is 1.82 bits per heavy atom. The van der Waals surface area contributed by atoms with E-state index in [-0.39, 0.29) is 23.5 Å². The molecule has 2 aromatic carbocycles. The van der Waals surface area contributed by atoms with Gasteiger partial charge in [0.25, 0.3) is 0 Å². The van der Waals surface area contributed by atoms with Gasteiger partial charge < -0.3 is 9.72 Å². The number of aromatic amines is 1. The van der Waals surface area contributed by atoms with Crippen LogP contribution in [0.25, 0.3) is 10.9 Å². The molecule has 182 valence electrons. The van der Waals surface area contributed by atoms with Crippen molar-refractivity contribution in [2.75, 3.05) is 26.2 Å². The molecule has 2 atom stereocenters. The lowest BCUT2D eigenvalue weighted by Gasteiger charge is -2.42. The third-order valence-corrected chi connectivity index (χ3v) is 7.19. The van der Waals surface area contributed by atoms with Crippen LogP contribution in [0.5, 0.6) is 5.75 Å². The highest BCUT2D eigenvalue weighted by atomic mass is 19.1. The molecule has 4 nitrogen and oxygen atoms in total. The number of hydrogen-bond donors (Lipinski definition) is 1. The molecule has 1 N–H and O–H groups in total. The van der Waals surface area contributed by atoms with Gasteiger partial charge in [0.1, 0.15) is 23.5 Å². The van der Waals surface area contributed by atoms with Gasteiger partial charge in [-0.05, 0) is 43.9 Å². The number of para-hydroxylation sites is 1. The van der Waals surface area contributed by atoms with Crippen molar-refractivity contribution >= 4 is 10.9 Å². The highest BCUT2D eigenvalue weighted by Crippen LogP contribution is 2.43. The highest BCUT2D eigenvalue weighted by Gasteiger charge is 2.39. The number of ether oxygens (including phenoxy) is 1. The number of nitrogens with zero attached hydrogens (tertiary/aromatic N) is 2. The maximum Gasteiger partial charge on any atom is 0.135 e. The summed E-state index contributed by atoms with van der Waals surface area (Å²) < 4.78 is 37.3. The Balaban J connectivity index is 1.52. The Hall–Kier alpha value is -2.44. The Morgan fingerprint density at radius 1 is 1.12 bits per heavy atom. The van der Waals surface area contributed by atoms with Gasteiger partial charge >= 0.3 is 0 Å². The number of halogens is 2. The topological polar surface area (TPSA) is 31.5 Å². The molecule has 3 aromatic rings. The van der Waals surface area contributed by atoms with E-state index < -0.39 is 17.7 Å². The van der Waals surface area contributed by atoms with E-state index in [1.165, 1.54) is 12.1 Å². The smallest absolute Gasteiger partial charge is 0.135 e. The zero-order chi connectivity index (χ0) is 24.0. The zero-order valence-corrected chi connectivity index (χ0v) is 20.6. The summed E-state index contributed by atoms with van der Waals surface area (Å²) in [7, 11) is 0. The van der Waals surface area contributed by atoms with Crippen molar-refractivity contribution in [1.82, 2.24) is 14.8 Å². The van der Waals surface area contributed by atoms with Gasteiger partial charge in [-0.15, -0.1) is 0 Å². The Kier molecular flexibility index (Phi) is 6.38. The summed E-state index contributed by atoms with van der Waals surface area (Å²) in [6.45, 7) is 12.0. The minimum absolute atomic E-state index is 0.0105. The minimum Gasteiger partial charge on any atom is -0.488 e. The fraction of sp³-hybridized carbons (Fsp3) is 0.500. The van der Waals surface area contributed by atoms with Crippen molar-refractivity contribution in [3.05, 3.63) is 64.9 Å². The maximum atomic E-state index is 15.7. The van der Waals surface area contributed by atoms with Gasteiger partial charge in [-0.2, -0.15) is 0 Å². The van der Waals surface area contributed by atoms with Crippen molar-refractivity contribution in [3.8, 4) is 5.75 Å². The molecule has 0 aliphatic carbocycles. The van der Waals surface area contributed by atoms with Gasteiger partial charge in [0.15, 0.2) is 0 Å². The normalized spacial score (nSPS) is 21.7. The molecule has 0 amide bonds. The van der Waals surface area contributed by atoms with E-state index in [0.29, 0.717) is 5.92 Å². The van der Waals surface area contributed by atoms with Gasteiger partial charge in [0.05, 0.1) is 6.04 Å². The van der Waals surface area contributed by atoms with Gasteiger partial charge in [-0.3, -0.25) is 9.80 Å². The lowest BCUT2D eigenvalue weighted by Crippen LogP contribution is -2.53. The summed E-state index contributed by atoms with van der Waals surface area (Å²) in [5.41, 5.74) is 3.19. The third kappa shape index (κ3) is 4.22. The lowest BCUT2D eigenvalue weighted by molar-refractivity contribution is 0.0198. The molecule has 0 spiro atoms. The van der Waals surface area contributed by atoms with Crippen LogP contribution in [0.15, 0.2) is 36.4 Å². The van der Waals surface area contributed by atoms with Crippen LogP contribution in [0.2, 0.25) is 0 Å². The van der Waals surface area contributed by atoms with E-state index in [2.05, 4.69) is 48.5 Å². The van der Waals surface area contributed by atoms with Gasteiger partial charge in [-0.25, -0.2) is 8.78 Å². The summed E-state index contributed by atoms with van der Waals surface area (Å²) in [6, 6.07) is 10.5. The van der Waals surface area contributed by atoms with Crippen LogP contribution < -0.4 is 4.74 Å². The number of H-pyrrole nitrogens is 1. The summed E-state index contributed by atoms with van der Waals surface area (Å²) in [5, 5.41) is 1.14. The van der Waals surface area contributed by atoms with Crippen molar-refractivity contribution in [2.45, 2.75) is 58.7 Å². The molecular formula is C28H35F2N3O. The average molecular weight is 468 g/mol. The van der Waals surface area contributed by atoms with Gasteiger partial charge in [-0.1, -0.05) is 39.0 Å². The molecule has 34 heavy (non-hydrogen) atoms. The number of aromatic nitrogens is 1. The standard InChI is InChI=1S/C28H35F2N3O/c1-5-10-32-15-20(16-32)34-19-12-23(29)26(24(30)13-19)28-27-22(11-18(4)33(28)14-17(2)3)21-8-6-7-9-25(21)31-27/h6-9,12-13,17-18,20,28,31H,5,10-11,14-16H2,1-4H3/t18-,28-/m1/s1. The Morgan fingerprint density at radius 3 is 2.50 bits per heavy atom. The van der Waals surface area contributed by atoms with Gasteiger partial charge in [0.2, 0.25) is 0 Å². The van der Waals surface area contributed by atoms with Crippen molar-refractivity contribution in [3.63, 3.8) is 0 Å². The molecule has 0 saturated carbocycles. The van der Waals surface area contributed by atoms with E-state index >= 15 is 8.78 Å². The maximum absolute atomic E-state index is 15.7. The molecule has 1 fully saturated rings. The van der Waals surface area contributed by atoms with Crippen LogP contribution in [-0.2, 0) is 6.42 Å². The van der Waals surface area contributed by atoms with E-state index in [1.807, 2.05) is 18.2 Å². The zero-order valence-electron chi connectivity index (χ0n) is 20.6. The fourth-order valence-electron chi connectivity index (χ4n) is 5.70. The van der Waals surface area contributed by atoms with E-state index in [0.717, 1.165) is 61.2 Å². The third-order valence-electron chi connectivity index (χ3n) is 7.19. The van der Waals surface area contributed by atoms with Crippen LogP contribution in [0.4, 0.5) is 8.78 Å². The summed E-state index contributed by atoms with van der Waals surface area (Å²) >= 11 is 0. The highest BCUT2D eigenvalue weighted by molar-refractivity contribution is 5.85. The summed E-state index contributed by atoms with van der Waals surface area (Å²) in [4.78, 5) is 8.05. The van der Waals surface area contributed by atoms with Crippen LogP contribution in [-0.4, -0.2) is 53.1 Å². The molecule has 6 heteroatoms. The lowest BCUT2D eigenvalue weighted by atomic mass is 9.87. The van der Waals surface area contributed by atoms with E-state index in [1.54, 1.807) is 0 Å². The second-order valence-electron chi connectivity index (χ2n) is 10.4. The first-order valence-corrected chi connectivity index (χ1v) is 12.6. The monoisotopic (exact) mass is 467 g/mol. The first-order valence-electron chi connectivity index (χ1n) is 12.6. The van der Waals surface area contributed by atoms with Crippen molar-refractivity contribution < 1.29 is 13.5 Å². The number of hydrogen-bond acceptors (Lipinski definition) is 3. The Bertz CT molecular complexity index is 1140. The van der Waals surface area contributed by atoms with Crippen molar-refractivity contribution in [1.29, 1.82) is 0 Å². The van der Waals surface area contributed by atoms with Gasteiger partial charge in [0, 0.05) is 60.0 Å². The predicted molar refractivity (Wildman–Crippen MR) is 132 cm³/mol. The quantitative estimate of drug-likeness (QED) is 0.469. The first-order chi connectivity index (χ1) is 16.4. The van der Waals surface area contributed by atoms with Crippen LogP contribution in [0.1, 0.15) is 57.0 Å². The molecule has 5 rings (SSSR count). The summed E-state index contributed by atoms with van der Waals surface area (Å²) in [5.74, 6) is -0.445. The predicted octanol–water partition coefficient (Wildman–Crippen LogP) is 5.91. The minimum atomic E-state index is -0.544. The molecule has 2 aliphatic rings. The van der Waals surface area contributed by atoms with Crippen LogP contribution in [0.3, 0.4) is 0 Å². The van der Waals surface area contributed by atoms with Crippen molar-refractivity contribution in [2.24, 2.45) is 5.92 Å². The first kappa shape index (κ1) is 23.3. The number of rotatable bonds is 7. The van der Waals surface area contributed by atoms with Crippen LogP contribution >= 0.6 is 0 Å². The summed E-state index contributed by atoms with van der Waals surface area (Å²) in [6.07, 6.45) is 1.93. The largest absolute Gasteiger partial charge is 0.488 e. The molecule has 0 radical (unpaired) electrons. The Labute approximate surface area is 200 Å². The molecule has 0 bridgehead atoms. The van der Waals surface area contributed by atoms with Crippen LogP contribution in [0, 0.1) is 17.6 Å². The number of nitrogens with one attached hydrogen (secondary N) is 1. The molecule has 0 unspecified atom stereocenters.